The van der Waals surface area contributed by atoms with E-state index in [1.165, 1.54) is 12.3 Å². The number of rotatable bonds is 4. The van der Waals surface area contributed by atoms with Gasteiger partial charge >= 0.3 is 0 Å². The minimum absolute atomic E-state index is 0.0149. The van der Waals surface area contributed by atoms with Gasteiger partial charge in [-0.05, 0) is 32.9 Å². The standard InChI is InChI=1S/C14H16N4O3/c1-8(2)16-13(19)10-4-5-15-11(7-10)14(20)17-12-6-9(3)21-18-12/h4-8H,1-3H3,(H,16,19)(H,17,18,20). The summed E-state index contributed by atoms with van der Waals surface area (Å²) in [6.45, 7) is 5.44. The zero-order chi connectivity index (χ0) is 15.4. The lowest BCUT2D eigenvalue weighted by molar-refractivity contribution is 0.0943. The summed E-state index contributed by atoms with van der Waals surface area (Å²) >= 11 is 0. The number of nitrogens with one attached hydrogen (secondary N) is 2. The molecule has 0 saturated heterocycles. The zero-order valence-corrected chi connectivity index (χ0v) is 12.0. The average Bonchev–Trinajstić information content (AvgIpc) is 2.83. The van der Waals surface area contributed by atoms with Crippen molar-refractivity contribution in [1.82, 2.24) is 15.5 Å². The van der Waals surface area contributed by atoms with Gasteiger partial charge in [-0.25, -0.2) is 0 Å². The van der Waals surface area contributed by atoms with Crippen LogP contribution < -0.4 is 10.6 Å². The number of pyridine rings is 1. The first kappa shape index (κ1) is 14.7. The summed E-state index contributed by atoms with van der Waals surface area (Å²) < 4.78 is 4.86. The number of aryl methyl sites for hydroxylation is 1. The Morgan fingerprint density at radius 2 is 2.00 bits per heavy atom. The Morgan fingerprint density at radius 3 is 2.62 bits per heavy atom. The fraction of sp³-hybridized carbons (Fsp3) is 0.286. The highest BCUT2D eigenvalue weighted by atomic mass is 16.5. The highest BCUT2D eigenvalue weighted by molar-refractivity contribution is 6.04. The van der Waals surface area contributed by atoms with Crippen molar-refractivity contribution in [3.05, 3.63) is 41.4 Å². The van der Waals surface area contributed by atoms with Crippen molar-refractivity contribution in [2.75, 3.05) is 5.32 Å². The zero-order valence-electron chi connectivity index (χ0n) is 12.0. The molecule has 0 radical (unpaired) electrons. The highest BCUT2D eigenvalue weighted by Gasteiger charge is 2.13. The molecule has 7 heteroatoms. The third kappa shape index (κ3) is 3.88. The topological polar surface area (TPSA) is 97.1 Å². The largest absolute Gasteiger partial charge is 0.360 e. The van der Waals surface area contributed by atoms with E-state index in [4.69, 9.17) is 4.52 Å². The molecule has 2 N–H and O–H groups in total. The van der Waals surface area contributed by atoms with E-state index in [1.807, 2.05) is 13.8 Å². The van der Waals surface area contributed by atoms with Gasteiger partial charge in [-0.15, -0.1) is 0 Å². The number of anilines is 1. The van der Waals surface area contributed by atoms with Crippen LogP contribution in [0.5, 0.6) is 0 Å². The molecule has 0 bridgehead atoms. The first-order valence-electron chi connectivity index (χ1n) is 6.47. The Hall–Kier alpha value is -2.70. The number of amides is 2. The van der Waals surface area contributed by atoms with Gasteiger partial charge in [-0.1, -0.05) is 5.16 Å². The van der Waals surface area contributed by atoms with Crippen molar-refractivity contribution < 1.29 is 14.1 Å². The molecule has 0 fully saturated rings. The molecule has 2 aromatic heterocycles. The van der Waals surface area contributed by atoms with Crippen LogP contribution in [-0.2, 0) is 0 Å². The van der Waals surface area contributed by atoms with Crippen LogP contribution >= 0.6 is 0 Å². The summed E-state index contributed by atoms with van der Waals surface area (Å²) in [4.78, 5) is 27.9. The number of nitrogens with zero attached hydrogens (tertiary/aromatic N) is 2. The number of carbonyl (C=O) groups is 2. The molecule has 0 aliphatic heterocycles. The Bertz CT molecular complexity index is 664. The van der Waals surface area contributed by atoms with Crippen molar-refractivity contribution in [2.45, 2.75) is 26.8 Å². The van der Waals surface area contributed by atoms with Gasteiger partial charge < -0.3 is 15.2 Å². The molecule has 7 nitrogen and oxygen atoms in total. The fourth-order valence-corrected chi connectivity index (χ4v) is 1.65. The van der Waals surface area contributed by atoms with E-state index in [2.05, 4.69) is 20.8 Å². The van der Waals surface area contributed by atoms with Crippen LogP contribution in [0.15, 0.2) is 28.9 Å². The number of aromatic nitrogens is 2. The number of hydrogen-bond donors (Lipinski definition) is 2. The first-order chi connectivity index (χ1) is 9.95. The maximum Gasteiger partial charge on any atom is 0.275 e. The van der Waals surface area contributed by atoms with E-state index < -0.39 is 5.91 Å². The van der Waals surface area contributed by atoms with Crippen LogP contribution in [-0.4, -0.2) is 28.0 Å². The van der Waals surface area contributed by atoms with Gasteiger partial charge in [0, 0.05) is 23.9 Å². The molecule has 0 aliphatic rings. The molecule has 0 aliphatic carbocycles. The van der Waals surface area contributed by atoms with Crippen LogP contribution in [0.25, 0.3) is 0 Å². The summed E-state index contributed by atoms with van der Waals surface area (Å²) in [6.07, 6.45) is 1.41. The smallest absolute Gasteiger partial charge is 0.275 e. The first-order valence-corrected chi connectivity index (χ1v) is 6.47. The lowest BCUT2D eigenvalue weighted by atomic mass is 10.2. The summed E-state index contributed by atoms with van der Waals surface area (Å²) in [5.41, 5.74) is 0.507. The SMILES string of the molecule is Cc1cc(NC(=O)c2cc(C(=O)NC(C)C)ccn2)no1. The lowest BCUT2D eigenvalue weighted by Gasteiger charge is -2.08. The van der Waals surface area contributed by atoms with Crippen LogP contribution in [0.4, 0.5) is 5.82 Å². The normalized spacial score (nSPS) is 10.5. The van der Waals surface area contributed by atoms with Gasteiger partial charge in [0.1, 0.15) is 11.5 Å². The van der Waals surface area contributed by atoms with E-state index >= 15 is 0 Å². The maximum atomic E-state index is 12.0. The van der Waals surface area contributed by atoms with E-state index in [0.29, 0.717) is 17.1 Å². The molecule has 2 rings (SSSR count). The van der Waals surface area contributed by atoms with Crippen molar-refractivity contribution in [1.29, 1.82) is 0 Å². The predicted octanol–water partition coefficient (Wildman–Crippen LogP) is 1.77. The molecule has 2 aromatic rings. The molecule has 110 valence electrons. The minimum atomic E-state index is -0.456. The summed E-state index contributed by atoms with van der Waals surface area (Å²) in [5.74, 6) is 0.181. The van der Waals surface area contributed by atoms with Crippen LogP contribution in [0, 0.1) is 6.92 Å². The van der Waals surface area contributed by atoms with Gasteiger partial charge in [0.15, 0.2) is 5.82 Å². The van der Waals surface area contributed by atoms with Crippen molar-refractivity contribution in [3.8, 4) is 0 Å². The quantitative estimate of drug-likeness (QED) is 0.893. The van der Waals surface area contributed by atoms with Crippen molar-refractivity contribution in [3.63, 3.8) is 0 Å². The second-order valence-corrected chi connectivity index (χ2v) is 4.83. The second-order valence-electron chi connectivity index (χ2n) is 4.83. The fourth-order valence-electron chi connectivity index (χ4n) is 1.65. The van der Waals surface area contributed by atoms with E-state index in [0.717, 1.165) is 0 Å². The number of carbonyl (C=O) groups excluding carboxylic acids is 2. The van der Waals surface area contributed by atoms with E-state index in [1.54, 1.807) is 19.1 Å². The van der Waals surface area contributed by atoms with Crippen LogP contribution in [0.2, 0.25) is 0 Å². The van der Waals surface area contributed by atoms with Gasteiger partial charge in [0.25, 0.3) is 11.8 Å². The summed E-state index contributed by atoms with van der Waals surface area (Å²) in [7, 11) is 0. The molecular formula is C14H16N4O3. The summed E-state index contributed by atoms with van der Waals surface area (Å²) in [5, 5.41) is 8.96. The van der Waals surface area contributed by atoms with E-state index in [9.17, 15) is 9.59 Å². The molecule has 0 atom stereocenters. The third-order valence-corrected chi connectivity index (χ3v) is 2.54. The third-order valence-electron chi connectivity index (χ3n) is 2.54. The van der Waals surface area contributed by atoms with Gasteiger partial charge in [-0.2, -0.15) is 0 Å². The Morgan fingerprint density at radius 1 is 1.24 bits per heavy atom. The lowest BCUT2D eigenvalue weighted by Crippen LogP contribution is -2.30. The van der Waals surface area contributed by atoms with Crippen molar-refractivity contribution in [2.24, 2.45) is 0 Å². The maximum absolute atomic E-state index is 12.0. The molecule has 0 spiro atoms. The van der Waals surface area contributed by atoms with Gasteiger partial charge in [0.05, 0.1) is 0 Å². The second kappa shape index (κ2) is 6.17. The predicted molar refractivity (Wildman–Crippen MR) is 76.0 cm³/mol. The molecule has 0 saturated carbocycles. The van der Waals surface area contributed by atoms with Gasteiger partial charge in [0.2, 0.25) is 0 Å². The monoisotopic (exact) mass is 288 g/mol. The molecule has 0 aromatic carbocycles. The Balaban J connectivity index is 2.13. The molecular weight excluding hydrogens is 272 g/mol. The molecule has 2 amide bonds. The van der Waals surface area contributed by atoms with Crippen LogP contribution in [0.3, 0.4) is 0 Å². The molecule has 21 heavy (non-hydrogen) atoms. The Kier molecular flexibility index (Phi) is 4.32. The summed E-state index contributed by atoms with van der Waals surface area (Å²) in [6, 6.07) is 4.59. The molecule has 0 unspecified atom stereocenters. The van der Waals surface area contributed by atoms with Crippen LogP contribution in [0.1, 0.15) is 40.5 Å². The van der Waals surface area contributed by atoms with E-state index in [-0.39, 0.29) is 17.6 Å². The van der Waals surface area contributed by atoms with Crippen molar-refractivity contribution >= 4 is 17.6 Å². The Labute approximate surface area is 121 Å². The highest BCUT2D eigenvalue weighted by Crippen LogP contribution is 2.09. The molecule has 2 heterocycles. The minimum Gasteiger partial charge on any atom is -0.360 e. The number of hydrogen-bond acceptors (Lipinski definition) is 5. The van der Waals surface area contributed by atoms with Gasteiger partial charge in [-0.3, -0.25) is 14.6 Å². The average molecular weight is 288 g/mol.